The molecule has 0 aliphatic heterocycles. The SMILES string of the molecule is C=CCOP(=O)(CC=C)OCCC. The number of hydrogen-bond acceptors (Lipinski definition) is 3. The van der Waals surface area contributed by atoms with Crippen LogP contribution in [0, 0.1) is 0 Å². The molecule has 0 fully saturated rings. The zero-order valence-corrected chi connectivity index (χ0v) is 8.96. The van der Waals surface area contributed by atoms with Gasteiger partial charge in [-0.15, -0.1) is 13.2 Å². The molecule has 0 bridgehead atoms. The third kappa shape index (κ3) is 5.81. The van der Waals surface area contributed by atoms with E-state index in [1.807, 2.05) is 6.92 Å². The lowest BCUT2D eigenvalue weighted by atomic mass is 10.5. The summed E-state index contributed by atoms with van der Waals surface area (Å²) >= 11 is 0. The summed E-state index contributed by atoms with van der Waals surface area (Å²) in [7, 11) is -2.94. The van der Waals surface area contributed by atoms with E-state index in [2.05, 4.69) is 13.2 Å². The average Bonchev–Trinajstić information content (AvgIpc) is 2.12. The Morgan fingerprint density at radius 2 is 2.00 bits per heavy atom. The fourth-order valence-electron chi connectivity index (χ4n) is 0.697. The molecule has 1 unspecified atom stereocenters. The van der Waals surface area contributed by atoms with Gasteiger partial charge >= 0.3 is 7.60 Å². The Morgan fingerprint density at radius 1 is 1.31 bits per heavy atom. The molecule has 0 spiro atoms. The second-order valence-electron chi connectivity index (χ2n) is 2.50. The number of allylic oxidation sites excluding steroid dienone is 1. The van der Waals surface area contributed by atoms with Crippen molar-refractivity contribution in [3.05, 3.63) is 25.3 Å². The van der Waals surface area contributed by atoms with E-state index >= 15 is 0 Å². The first-order chi connectivity index (χ1) is 6.18. The lowest BCUT2D eigenvalue weighted by molar-refractivity contribution is 0.221. The molecule has 0 aliphatic carbocycles. The van der Waals surface area contributed by atoms with Crippen molar-refractivity contribution in [3.8, 4) is 0 Å². The van der Waals surface area contributed by atoms with Gasteiger partial charge < -0.3 is 9.05 Å². The van der Waals surface area contributed by atoms with Crippen LogP contribution in [0.1, 0.15) is 13.3 Å². The molecule has 0 N–H and O–H groups in total. The zero-order chi connectivity index (χ0) is 10.2. The van der Waals surface area contributed by atoms with Crippen LogP contribution in [-0.2, 0) is 13.6 Å². The van der Waals surface area contributed by atoms with Gasteiger partial charge in [0.05, 0.1) is 19.4 Å². The molecule has 0 rings (SSSR count). The van der Waals surface area contributed by atoms with Gasteiger partial charge in [0, 0.05) is 0 Å². The predicted molar refractivity (Wildman–Crippen MR) is 55.1 cm³/mol. The van der Waals surface area contributed by atoms with Gasteiger partial charge in [0.25, 0.3) is 0 Å². The molecule has 0 amide bonds. The molecule has 0 aromatic heterocycles. The lowest BCUT2D eigenvalue weighted by Crippen LogP contribution is -1.99. The molecule has 0 aromatic carbocycles. The summed E-state index contributed by atoms with van der Waals surface area (Å²) in [4.78, 5) is 0. The summed E-state index contributed by atoms with van der Waals surface area (Å²) in [6.07, 6.45) is 4.16. The second kappa shape index (κ2) is 7.07. The third-order valence-corrected chi connectivity index (χ3v) is 3.06. The van der Waals surface area contributed by atoms with E-state index in [1.54, 1.807) is 12.2 Å². The minimum atomic E-state index is -2.94. The van der Waals surface area contributed by atoms with Crippen LogP contribution < -0.4 is 0 Å². The van der Waals surface area contributed by atoms with Gasteiger partial charge in [0.1, 0.15) is 0 Å². The third-order valence-electron chi connectivity index (χ3n) is 1.23. The lowest BCUT2D eigenvalue weighted by Gasteiger charge is -2.15. The summed E-state index contributed by atoms with van der Waals surface area (Å²) in [5.74, 6) is 0. The molecule has 0 saturated carbocycles. The van der Waals surface area contributed by atoms with E-state index in [0.717, 1.165) is 6.42 Å². The molecule has 0 aliphatic rings. The summed E-state index contributed by atoms with van der Waals surface area (Å²) < 4.78 is 22.0. The first-order valence-corrected chi connectivity index (χ1v) is 6.01. The molecule has 0 radical (unpaired) electrons. The van der Waals surface area contributed by atoms with Crippen LogP contribution in [0.25, 0.3) is 0 Å². The molecule has 0 saturated heterocycles. The smallest absolute Gasteiger partial charge is 0.308 e. The maximum Gasteiger partial charge on any atom is 0.334 e. The molecular weight excluding hydrogens is 187 g/mol. The largest absolute Gasteiger partial charge is 0.334 e. The van der Waals surface area contributed by atoms with Crippen LogP contribution in [0.15, 0.2) is 25.3 Å². The Balaban J connectivity index is 4.06. The van der Waals surface area contributed by atoms with E-state index in [9.17, 15) is 4.57 Å². The van der Waals surface area contributed by atoms with Crippen molar-refractivity contribution < 1.29 is 13.6 Å². The van der Waals surface area contributed by atoms with Crippen LogP contribution in [-0.4, -0.2) is 19.4 Å². The first-order valence-electron chi connectivity index (χ1n) is 4.28. The van der Waals surface area contributed by atoms with E-state index in [1.165, 1.54) is 0 Å². The van der Waals surface area contributed by atoms with Crippen LogP contribution >= 0.6 is 7.60 Å². The molecule has 1 atom stereocenters. The van der Waals surface area contributed by atoms with Crippen molar-refractivity contribution >= 4 is 7.60 Å². The molecular formula is C9H17O3P. The Bertz CT molecular complexity index is 201. The minimum absolute atomic E-state index is 0.245. The van der Waals surface area contributed by atoms with Gasteiger partial charge in [-0.25, -0.2) is 0 Å². The second-order valence-corrected chi connectivity index (χ2v) is 4.60. The zero-order valence-electron chi connectivity index (χ0n) is 8.07. The Hall–Kier alpha value is -0.370. The molecule has 0 heterocycles. The van der Waals surface area contributed by atoms with Gasteiger partial charge in [-0.1, -0.05) is 19.1 Å². The highest BCUT2D eigenvalue weighted by Crippen LogP contribution is 2.48. The monoisotopic (exact) mass is 204 g/mol. The van der Waals surface area contributed by atoms with E-state index < -0.39 is 7.60 Å². The van der Waals surface area contributed by atoms with Crippen molar-refractivity contribution in [3.63, 3.8) is 0 Å². The highest BCUT2D eigenvalue weighted by atomic mass is 31.2. The van der Waals surface area contributed by atoms with Gasteiger partial charge in [-0.3, -0.25) is 4.57 Å². The summed E-state index contributed by atoms with van der Waals surface area (Å²) in [5, 5.41) is 0. The average molecular weight is 204 g/mol. The molecule has 3 nitrogen and oxygen atoms in total. The van der Waals surface area contributed by atoms with Gasteiger partial charge in [-0.2, -0.15) is 0 Å². The Labute approximate surface area is 80.0 Å². The van der Waals surface area contributed by atoms with E-state index in [0.29, 0.717) is 6.61 Å². The Kier molecular flexibility index (Phi) is 6.87. The maximum atomic E-state index is 11.8. The molecule has 4 heteroatoms. The van der Waals surface area contributed by atoms with Crippen LogP contribution in [0.4, 0.5) is 0 Å². The van der Waals surface area contributed by atoms with Crippen LogP contribution in [0.2, 0.25) is 0 Å². The standard InChI is InChI=1S/C9H17O3P/c1-4-7-11-13(10,9-6-3)12-8-5-2/h4,6H,1,3,5,7-9H2,2H3. The maximum absolute atomic E-state index is 11.8. The summed E-state index contributed by atoms with van der Waals surface area (Å²) in [6.45, 7) is 9.62. The minimum Gasteiger partial charge on any atom is -0.308 e. The van der Waals surface area contributed by atoms with Crippen molar-refractivity contribution in [2.75, 3.05) is 19.4 Å². The number of hydrogen-bond donors (Lipinski definition) is 0. The molecule has 0 aromatic rings. The fourth-order valence-corrected chi connectivity index (χ4v) is 2.09. The number of rotatable bonds is 8. The van der Waals surface area contributed by atoms with Gasteiger partial charge in [0.2, 0.25) is 0 Å². The highest BCUT2D eigenvalue weighted by molar-refractivity contribution is 7.54. The van der Waals surface area contributed by atoms with Gasteiger partial charge in [-0.05, 0) is 6.42 Å². The van der Waals surface area contributed by atoms with Crippen molar-refractivity contribution in [2.45, 2.75) is 13.3 Å². The quantitative estimate of drug-likeness (QED) is 0.450. The van der Waals surface area contributed by atoms with E-state index in [4.69, 9.17) is 9.05 Å². The fraction of sp³-hybridized carbons (Fsp3) is 0.556. The van der Waals surface area contributed by atoms with E-state index in [-0.39, 0.29) is 12.8 Å². The first kappa shape index (κ1) is 12.6. The van der Waals surface area contributed by atoms with Crippen LogP contribution in [0.5, 0.6) is 0 Å². The predicted octanol–water partition coefficient (Wildman–Crippen LogP) is 2.99. The summed E-state index contributed by atoms with van der Waals surface area (Å²) in [6, 6.07) is 0. The molecule has 13 heavy (non-hydrogen) atoms. The Morgan fingerprint density at radius 3 is 2.46 bits per heavy atom. The summed E-state index contributed by atoms with van der Waals surface area (Å²) in [5.41, 5.74) is 0. The van der Waals surface area contributed by atoms with Crippen LogP contribution in [0.3, 0.4) is 0 Å². The molecule has 76 valence electrons. The van der Waals surface area contributed by atoms with Crippen molar-refractivity contribution in [1.82, 2.24) is 0 Å². The highest BCUT2D eigenvalue weighted by Gasteiger charge is 2.21. The van der Waals surface area contributed by atoms with Crippen molar-refractivity contribution in [2.24, 2.45) is 0 Å². The van der Waals surface area contributed by atoms with Gasteiger partial charge in [0.15, 0.2) is 0 Å². The van der Waals surface area contributed by atoms with Crippen molar-refractivity contribution in [1.29, 1.82) is 0 Å². The topological polar surface area (TPSA) is 35.5 Å². The normalized spacial score (nSPS) is 14.8.